The molecule has 0 spiro atoms. The molecule has 1 heterocycles. The van der Waals surface area contributed by atoms with E-state index in [-0.39, 0.29) is 5.56 Å². The van der Waals surface area contributed by atoms with Gasteiger partial charge in [-0.2, -0.15) is 0 Å². The number of aromatic carboxylic acids is 1. The number of nitrogens with zero attached hydrogens (tertiary/aromatic N) is 2. The molecule has 0 radical (unpaired) electrons. The number of benzene rings is 4. The van der Waals surface area contributed by atoms with Gasteiger partial charge >= 0.3 is 5.97 Å². The van der Waals surface area contributed by atoms with Crippen LogP contribution in [0.25, 0.3) is 39.6 Å². The van der Waals surface area contributed by atoms with Crippen LogP contribution >= 0.6 is 0 Å². The summed E-state index contributed by atoms with van der Waals surface area (Å²) in [6.45, 7) is 0. The molecule has 0 unspecified atom stereocenters. The van der Waals surface area contributed by atoms with Gasteiger partial charge in [0, 0.05) is 22.4 Å². The van der Waals surface area contributed by atoms with Crippen molar-refractivity contribution in [3.8, 4) is 45.3 Å². The Morgan fingerprint density at radius 2 is 1.32 bits per heavy atom. The highest BCUT2D eigenvalue weighted by atomic mass is 16.5. The van der Waals surface area contributed by atoms with Crippen molar-refractivity contribution in [2.45, 2.75) is 0 Å². The van der Waals surface area contributed by atoms with Gasteiger partial charge in [0.2, 0.25) is 0 Å². The molecule has 0 atom stereocenters. The summed E-state index contributed by atoms with van der Waals surface area (Å²) in [5.41, 5.74) is 5.80. The number of methoxy groups -OCH3 is 1. The Labute approximate surface area is 197 Å². The van der Waals surface area contributed by atoms with E-state index in [9.17, 15) is 9.90 Å². The minimum absolute atomic E-state index is 0.234. The van der Waals surface area contributed by atoms with Crippen LogP contribution in [0.5, 0.6) is 5.75 Å². The highest BCUT2D eigenvalue weighted by Crippen LogP contribution is 2.38. The molecule has 0 bridgehead atoms. The van der Waals surface area contributed by atoms with E-state index in [4.69, 9.17) is 9.72 Å². The summed E-state index contributed by atoms with van der Waals surface area (Å²) in [7, 11) is 1.64. The van der Waals surface area contributed by atoms with E-state index in [0.29, 0.717) is 0 Å². The first-order valence-electron chi connectivity index (χ1n) is 10.9. The van der Waals surface area contributed by atoms with Gasteiger partial charge in [-0.15, -0.1) is 0 Å². The van der Waals surface area contributed by atoms with Crippen LogP contribution in [0.4, 0.5) is 0 Å². The molecule has 5 heteroatoms. The molecular weight excluding hydrogens is 424 g/mol. The zero-order valence-corrected chi connectivity index (χ0v) is 18.6. The number of aromatic nitrogens is 2. The van der Waals surface area contributed by atoms with Gasteiger partial charge in [0.25, 0.3) is 0 Å². The van der Waals surface area contributed by atoms with E-state index >= 15 is 0 Å². The highest BCUT2D eigenvalue weighted by Gasteiger charge is 2.22. The van der Waals surface area contributed by atoms with E-state index in [1.165, 1.54) is 0 Å². The second-order valence-electron chi connectivity index (χ2n) is 7.78. The maximum absolute atomic E-state index is 11.4. The Morgan fingerprint density at radius 3 is 1.88 bits per heavy atom. The molecule has 0 aliphatic heterocycles. The van der Waals surface area contributed by atoms with E-state index < -0.39 is 5.97 Å². The standard InChI is InChI=1S/C29H22N2O3/c1-34-25-18-16-24(17-19-25)31-27(21-10-6-3-7-11-21)26(20-8-4-2-5-9-20)30-28(31)22-12-14-23(15-13-22)29(32)33/h2-19H,1H3,(H,32,33). The van der Waals surface area contributed by atoms with Gasteiger partial charge in [-0.1, -0.05) is 72.8 Å². The summed E-state index contributed by atoms with van der Waals surface area (Å²) >= 11 is 0. The number of rotatable bonds is 6. The zero-order chi connectivity index (χ0) is 23.5. The van der Waals surface area contributed by atoms with E-state index in [1.807, 2.05) is 72.8 Å². The highest BCUT2D eigenvalue weighted by molar-refractivity contribution is 5.89. The lowest BCUT2D eigenvalue weighted by atomic mass is 10.0. The van der Waals surface area contributed by atoms with Gasteiger partial charge in [0.1, 0.15) is 11.6 Å². The predicted molar refractivity (Wildman–Crippen MR) is 133 cm³/mol. The Kier molecular flexibility index (Phi) is 5.67. The molecule has 5 nitrogen and oxygen atoms in total. The van der Waals surface area contributed by atoms with Crippen LogP contribution in [-0.4, -0.2) is 27.7 Å². The third-order valence-corrected chi connectivity index (χ3v) is 5.69. The number of hydrogen-bond donors (Lipinski definition) is 1. The van der Waals surface area contributed by atoms with Crippen molar-refractivity contribution < 1.29 is 14.6 Å². The Hall–Kier alpha value is -4.64. The average molecular weight is 447 g/mol. The monoisotopic (exact) mass is 446 g/mol. The number of imidazole rings is 1. The van der Waals surface area contributed by atoms with Crippen molar-refractivity contribution in [1.29, 1.82) is 0 Å². The predicted octanol–water partition coefficient (Wildman–Crippen LogP) is 6.58. The SMILES string of the molecule is COc1ccc(-n2c(-c3ccc(C(=O)O)cc3)nc(-c3ccccc3)c2-c2ccccc2)cc1. The maximum Gasteiger partial charge on any atom is 0.335 e. The maximum atomic E-state index is 11.4. The first kappa shape index (κ1) is 21.2. The molecule has 0 aliphatic carbocycles. The van der Waals surface area contributed by atoms with E-state index in [2.05, 4.69) is 16.7 Å². The van der Waals surface area contributed by atoms with Crippen molar-refractivity contribution >= 4 is 5.97 Å². The molecule has 166 valence electrons. The largest absolute Gasteiger partial charge is 0.497 e. The van der Waals surface area contributed by atoms with Crippen molar-refractivity contribution in [2.24, 2.45) is 0 Å². The molecule has 0 aliphatic rings. The summed E-state index contributed by atoms with van der Waals surface area (Å²) < 4.78 is 7.48. The molecule has 0 saturated heterocycles. The number of carbonyl (C=O) groups is 1. The van der Waals surface area contributed by atoms with E-state index in [0.717, 1.165) is 45.3 Å². The quantitative estimate of drug-likeness (QED) is 0.320. The summed E-state index contributed by atoms with van der Waals surface area (Å²) in [6, 6.07) is 34.9. The lowest BCUT2D eigenvalue weighted by Crippen LogP contribution is -2.01. The number of carboxylic acid groups (broad SMARTS) is 1. The lowest BCUT2D eigenvalue weighted by molar-refractivity contribution is 0.0697. The topological polar surface area (TPSA) is 64.3 Å². The normalized spacial score (nSPS) is 10.7. The van der Waals surface area contributed by atoms with Crippen molar-refractivity contribution in [1.82, 2.24) is 9.55 Å². The second-order valence-corrected chi connectivity index (χ2v) is 7.78. The second kappa shape index (κ2) is 9.08. The van der Waals surface area contributed by atoms with Crippen LogP contribution in [0.3, 0.4) is 0 Å². The van der Waals surface area contributed by atoms with Crippen LogP contribution < -0.4 is 4.74 Å². The minimum atomic E-state index is -0.958. The van der Waals surface area contributed by atoms with Gasteiger partial charge in [-0.25, -0.2) is 9.78 Å². The third kappa shape index (κ3) is 3.95. The first-order chi connectivity index (χ1) is 16.7. The van der Waals surface area contributed by atoms with Gasteiger partial charge in [-0.3, -0.25) is 4.57 Å². The number of ether oxygens (including phenoxy) is 1. The summed E-state index contributed by atoms with van der Waals surface area (Å²) in [5.74, 6) is 0.528. The van der Waals surface area contributed by atoms with Gasteiger partial charge in [-0.05, 0) is 36.4 Å². The Bertz CT molecular complexity index is 1420. The van der Waals surface area contributed by atoms with E-state index in [1.54, 1.807) is 31.4 Å². The van der Waals surface area contributed by atoms with Crippen LogP contribution in [-0.2, 0) is 0 Å². The molecule has 0 amide bonds. The summed E-state index contributed by atoms with van der Waals surface area (Å²) in [6.07, 6.45) is 0. The first-order valence-corrected chi connectivity index (χ1v) is 10.9. The molecule has 1 aromatic heterocycles. The third-order valence-electron chi connectivity index (χ3n) is 5.69. The Morgan fingerprint density at radius 1 is 0.735 bits per heavy atom. The fraction of sp³-hybridized carbons (Fsp3) is 0.0345. The zero-order valence-electron chi connectivity index (χ0n) is 18.6. The van der Waals surface area contributed by atoms with Crippen molar-refractivity contribution in [3.63, 3.8) is 0 Å². The molecule has 5 rings (SSSR count). The molecule has 5 aromatic rings. The fourth-order valence-corrected chi connectivity index (χ4v) is 4.02. The van der Waals surface area contributed by atoms with Crippen LogP contribution in [0, 0.1) is 0 Å². The van der Waals surface area contributed by atoms with Gasteiger partial charge in [0.05, 0.1) is 24.1 Å². The van der Waals surface area contributed by atoms with Crippen LogP contribution in [0.2, 0.25) is 0 Å². The number of hydrogen-bond acceptors (Lipinski definition) is 3. The Balaban J connectivity index is 1.83. The smallest absolute Gasteiger partial charge is 0.335 e. The average Bonchev–Trinajstić information content (AvgIpc) is 3.30. The molecule has 0 fully saturated rings. The molecule has 1 N–H and O–H groups in total. The fourth-order valence-electron chi connectivity index (χ4n) is 4.02. The summed E-state index contributed by atoms with van der Waals surface area (Å²) in [4.78, 5) is 16.5. The van der Waals surface area contributed by atoms with Crippen molar-refractivity contribution in [2.75, 3.05) is 7.11 Å². The molecule has 34 heavy (non-hydrogen) atoms. The lowest BCUT2D eigenvalue weighted by Gasteiger charge is -2.14. The van der Waals surface area contributed by atoms with Gasteiger partial charge in [0.15, 0.2) is 0 Å². The molecular formula is C29H22N2O3. The van der Waals surface area contributed by atoms with Crippen molar-refractivity contribution in [3.05, 3.63) is 115 Å². The van der Waals surface area contributed by atoms with Crippen LogP contribution in [0.15, 0.2) is 109 Å². The number of carboxylic acids is 1. The van der Waals surface area contributed by atoms with Gasteiger partial charge < -0.3 is 9.84 Å². The minimum Gasteiger partial charge on any atom is -0.497 e. The molecule has 0 saturated carbocycles. The summed E-state index contributed by atoms with van der Waals surface area (Å²) in [5, 5.41) is 9.34. The molecule has 4 aromatic carbocycles. The van der Waals surface area contributed by atoms with Crippen LogP contribution in [0.1, 0.15) is 10.4 Å².